The number of phenols is 1. The molecule has 0 spiro atoms. The number of piperidine rings is 1. The number of hydrogen-bond acceptors (Lipinski definition) is 4. The van der Waals surface area contributed by atoms with E-state index >= 15 is 0 Å². The number of aromatic hydroxyl groups is 1. The van der Waals surface area contributed by atoms with Crippen LogP contribution < -0.4 is 11.1 Å². The van der Waals surface area contributed by atoms with Gasteiger partial charge in [-0.2, -0.15) is 5.10 Å². The molecule has 0 radical (unpaired) electrons. The van der Waals surface area contributed by atoms with Crippen LogP contribution in [-0.2, 0) is 6.54 Å². The molecule has 2 aromatic carbocycles. The SMILES string of the molecule is NC(=O)c1cn(-c2ccccc2)nc1[C@H]1CCCN(C(=O)NCc2cccc(O)c2)C1. The van der Waals surface area contributed by atoms with Crippen LogP contribution in [0.4, 0.5) is 4.79 Å². The lowest BCUT2D eigenvalue weighted by Gasteiger charge is -2.32. The number of nitrogens with one attached hydrogen (secondary N) is 1. The number of rotatable bonds is 5. The summed E-state index contributed by atoms with van der Waals surface area (Å²) in [6.07, 6.45) is 3.29. The van der Waals surface area contributed by atoms with Gasteiger partial charge in [0.2, 0.25) is 0 Å². The number of likely N-dealkylation sites (tertiary alicyclic amines) is 1. The van der Waals surface area contributed by atoms with E-state index in [2.05, 4.69) is 10.4 Å². The molecule has 8 heteroatoms. The maximum Gasteiger partial charge on any atom is 0.317 e. The zero-order valence-corrected chi connectivity index (χ0v) is 17.1. The van der Waals surface area contributed by atoms with Gasteiger partial charge in [-0.25, -0.2) is 9.48 Å². The van der Waals surface area contributed by atoms with E-state index < -0.39 is 5.91 Å². The van der Waals surface area contributed by atoms with Gasteiger partial charge in [-0.1, -0.05) is 30.3 Å². The topological polar surface area (TPSA) is 113 Å². The van der Waals surface area contributed by atoms with E-state index in [1.165, 1.54) is 0 Å². The molecule has 0 unspecified atom stereocenters. The van der Waals surface area contributed by atoms with Gasteiger partial charge in [-0.15, -0.1) is 0 Å². The summed E-state index contributed by atoms with van der Waals surface area (Å²) in [6.45, 7) is 1.41. The lowest BCUT2D eigenvalue weighted by atomic mass is 9.92. The standard InChI is InChI=1S/C23H25N5O3/c24-22(30)20-15-28(18-8-2-1-3-9-18)26-21(20)17-7-5-11-27(14-17)23(31)25-13-16-6-4-10-19(29)12-16/h1-4,6,8-10,12,15,17,29H,5,7,11,13-14H2,(H2,24,30)(H,25,31)/t17-/m0/s1. The van der Waals surface area contributed by atoms with Crippen LogP contribution in [0.3, 0.4) is 0 Å². The van der Waals surface area contributed by atoms with Gasteiger partial charge in [-0.05, 0) is 42.7 Å². The second-order valence-electron chi connectivity index (χ2n) is 7.69. The first-order valence-electron chi connectivity index (χ1n) is 10.3. The van der Waals surface area contributed by atoms with Crippen molar-refractivity contribution in [2.24, 2.45) is 5.73 Å². The highest BCUT2D eigenvalue weighted by atomic mass is 16.3. The zero-order valence-electron chi connectivity index (χ0n) is 17.1. The van der Waals surface area contributed by atoms with Crippen LogP contribution >= 0.6 is 0 Å². The fraction of sp³-hybridized carbons (Fsp3) is 0.261. The maximum atomic E-state index is 12.7. The first-order valence-corrected chi connectivity index (χ1v) is 10.3. The third-order valence-corrected chi connectivity index (χ3v) is 5.48. The summed E-state index contributed by atoms with van der Waals surface area (Å²) >= 11 is 0. The molecule has 4 N–H and O–H groups in total. The largest absolute Gasteiger partial charge is 0.508 e. The molecule has 4 rings (SSSR count). The Hall–Kier alpha value is -3.81. The average Bonchev–Trinajstić information content (AvgIpc) is 3.24. The van der Waals surface area contributed by atoms with Crippen molar-refractivity contribution in [1.29, 1.82) is 0 Å². The fourth-order valence-electron chi connectivity index (χ4n) is 3.93. The summed E-state index contributed by atoms with van der Waals surface area (Å²) < 4.78 is 1.66. The Bertz CT molecular complexity index is 1080. The lowest BCUT2D eigenvalue weighted by Crippen LogP contribution is -2.45. The second kappa shape index (κ2) is 8.91. The van der Waals surface area contributed by atoms with Crippen LogP contribution in [0.5, 0.6) is 5.75 Å². The van der Waals surface area contributed by atoms with E-state index in [0.717, 1.165) is 24.1 Å². The second-order valence-corrected chi connectivity index (χ2v) is 7.69. The summed E-state index contributed by atoms with van der Waals surface area (Å²) in [7, 11) is 0. The van der Waals surface area contributed by atoms with E-state index in [1.807, 2.05) is 36.4 Å². The Balaban J connectivity index is 1.48. The van der Waals surface area contributed by atoms with Gasteiger partial charge in [0, 0.05) is 31.7 Å². The van der Waals surface area contributed by atoms with Crippen molar-refractivity contribution in [3.05, 3.63) is 77.6 Å². The molecule has 31 heavy (non-hydrogen) atoms. The number of carbonyl (C=O) groups is 2. The number of hydrogen-bond donors (Lipinski definition) is 3. The van der Waals surface area contributed by atoms with Crippen LogP contribution in [0, 0.1) is 0 Å². The minimum Gasteiger partial charge on any atom is -0.508 e. The van der Waals surface area contributed by atoms with E-state index in [0.29, 0.717) is 30.9 Å². The number of primary amides is 1. The smallest absolute Gasteiger partial charge is 0.317 e. The average molecular weight is 419 g/mol. The van der Waals surface area contributed by atoms with Crippen molar-refractivity contribution in [3.8, 4) is 11.4 Å². The minimum atomic E-state index is -0.525. The molecular weight excluding hydrogens is 394 g/mol. The number of carbonyl (C=O) groups excluding carboxylic acids is 2. The third-order valence-electron chi connectivity index (χ3n) is 5.48. The third kappa shape index (κ3) is 4.69. The van der Waals surface area contributed by atoms with E-state index in [9.17, 15) is 14.7 Å². The van der Waals surface area contributed by atoms with Gasteiger partial charge in [0.25, 0.3) is 5.91 Å². The molecule has 3 aromatic rings. The number of aromatic nitrogens is 2. The Morgan fingerprint density at radius 2 is 1.97 bits per heavy atom. The number of para-hydroxylation sites is 1. The van der Waals surface area contributed by atoms with Crippen molar-refractivity contribution in [3.63, 3.8) is 0 Å². The molecule has 3 amide bonds. The fourth-order valence-corrected chi connectivity index (χ4v) is 3.93. The van der Waals surface area contributed by atoms with Crippen LogP contribution in [0.2, 0.25) is 0 Å². The van der Waals surface area contributed by atoms with Gasteiger partial charge in [0.15, 0.2) is 0 Å². The highest BCUT2D eigenvalue weighted by Crippen LogP contribution is 2.29. The summed E-state index contributed by atoms with van der Waals surface area (Å²) in [5, 5.41) is 17.1. The molecule has 1 aliphatic heterocycles. The molecule has 1 aromatic heterocycles. The Morgan fingerprint density at radius 1 is 1.16 bits per heavy atom. The van der Waals surface area contributed by atoms with E-state index in [4.69, 9.17) is 5.73 Å². The van der Waals surface area contributed by atoms with Crippen molar-refractivity contribution in [2.75, 3.05) is 13.1 Å². The number of nitrogens with two attached hydrogens (primary N) is 1. The molecule has 2 heterocycles. The van der Waals surface area contributed by atoms with Gasteiger partial charge in [0.05, 0.1) is 16.9 Å². The number of benzene rings is 2. The molecule has 1 fully saturated rings. The summed E-state index contributed by atoms with van der Waals surface area (Å²) in [6, 6.07) is 16.1. The monoisotopic (exact) mass is 419 g/mol. The molecular formula is C23H25N5O3. The van der Waals surface area contributed by atoms with Crippen LogP contribution in [0.15, 0.2) is 60.8 Å². The molecule has 0 aliphatic carbocycles. The number of amides is 3. The highest BCUT2D eigenvalue weighted by Gasteiger charge is 2.29. The molecule has 0 saturated carbocycles. The number of phenolic OH excluding ortho intramolecular Hbond substituents is 1. The van der Waals surface area contributed by atoms with Gasteiger partial charge in [-0.3, -0.25) is 4.79 Å². The highest BCUT2D eigenvalue weighted by molar-refractivity contribution is 5.94. The quantitative estimate of drug-likeness (QED) is 0.590. The predicted molar refractivity (Wildman–Crippen MR) is 116 cm³/mol. The maximum absolute atomic E-state index is 12.7. The minimum absolute atomic E-state index is 0.0762. The molecule has 160 valence electrons. The van der Waals surface area contributed by atoms with Crippen LogP contribution in [0.25, 0.3) is 5.69 Å². The van der Waals surface area contributed by atoms with E-state index in [1.54, 1.807) is 34.0 Å². The Morgan fingerprint density at radius 3 is 2.71 bits per heavy atom. The van der Waals surface area contributed by atoms with Gasteiger partial charge < -0.3 is 21.1 Å². The Kier molecular flexibility index (Phi) is 5.88. The molecule has 1 atom stereocenters. The first kappa shape index (κ1) is 20.5. The van der Waals surface area contributed by atoms with Crippen LogP contribution in [-0.4, -0.2) is 44.8 Å². The molecule has 8 nitrogen and oxygen atoms in total. The van der Waals surface area contributed by atoms with Gasteiger partial charge >= 0.3 is 6.03 Å². The molecule has 0 bridgehead atoms. The Labute approximate surface area is 180 Å². The van der Waals surface area contributed by atoms with Gasteiger partial charge in [0.1, 0.15) is 5.75 Å². The summed E-state index contributed by atoms with van der Waals surface area (Å²) in [5.41, 5.74) is 8.30. The summed E-state index contributed by atoms with van der Waals surface area (Å²) in [4.78, 5) is 26.5. The van der Waals surface area contributed by atoms with Crippen molar-refractivity contribution >= 4 is 11.9 Å². The summed E-state index contributed by atoms with van der Waals surface area (Å²) in [5.74, 6) is -0.437. The van der Waals surface area contributed by atoms with Crippen molar-refractivity contribution < 1.29 is 14.7 Å². The van der Waals surface area contributed by atoms with E-state index in [-0.39, 0.29) is 17.7 Å². The van der Waals surface area contributed by atoms with Crippen molar-refractivity contribution in [2.45, 2.75) is 25.3 Å². The molecule has 1 saturated heterocycles. The lowest BCUT2D eigenvalue weighted by molar-refractivity contribution is 0.0998. The number of urea groups is 1. The van der Waals surface area contributed by atoms with Crippen molar-refractivity contribution in [1.82, 2.24) is 20.0 Å². The predicted octanol–water partition coefficient (Wildman–Crippen LogP) is 2.77. The first-order chi connectivity index (χ1) is 15.0. The van der Waals surface area contributed by atoms with Crippen LogP contribution in [0.1, 0.15) is 40.4 Å². The zero-order chi connectivity index (χ0) is 21.8. The normalized spacial score (nSPS) is 16.1. The molecule has 1 aliphatic rings. The number of nitrogens with zero attached hydrogens (tertiary/aromatic N) is 3.